The molecule has 0 N–H and O–H groups in total. The molecule has 0 atom stereocenters. The van der Waals surface area contributed by atoms with Crippen molar-refractivity contribution < 1.29 is 4.79 Å². The number of halogens is 2. The van der Waals surface area contributed by atoms with Crippen LogP contribution >= 0.6 is 34.5 Å². The summed E-state index contributed by atoms with van der Waals surface area (Å²) in [6.45, 7) is 1.93. The molecular formula is C13H10Cl2OS. The third-order valence-corrected chi connectivity index (χ3v) is 3.98. The van der Waals surface area contributed by atoms with Crippen LogP contribution in [0.4, 0.5) is 0 Å². The molecule has 1 heterocycles. The molecule has 0 saturated heterocycles. The van der Waals surface area contributed by atoms with Gasteiger partial charge in [-0.15, -0.1) is 0 Å². The summed E-state index contributed by atoms with van der Waals surface area (Å²) in [4.78, 5) is 12.1. The van der Waals surface area contributed by atoms with Crippen LogP contribution < -0.4 is 0 Å². The Kier molecular flexibility index (Phi) is 3.87. The van der Waals surface area contributed by atoms with E-state index in [1.807, 2.05) is 17.7 Å². The fraction of sp³-hybridized carbons (Fsp3) is 0.154. The van der Waals surface area contributed by atoms with Crippen molar-refractivity contribution >= 4 is 40.3 Å². The predicted molar refractivity (Wildman–Crippen MR) is 73.6 cm³/mol. The average molecular weight is 285 g/mol. The molecule has 0 aliphatic rings. The predicted octanol–water partition coefficient (Wildman–Crippen LogP) is 4.79. The molecule has 1 nitrogen and oxygen atoms in total. The SMILES string of the molecule is Cc1cscc1C(=O)Cc1cc(Cl)ccc1Cl. The smallest absolute Gasteiger partial charge is 0.168 e. The van der Waals surface area contributed by atoms with E-state index in [-0.39, 0.29) is 12.2 Å². The molecule has 2 aromatic rings. The summed E-state index contributed by atoms with van der Waals surface area (Å²) in [7, 11) is 0. The van der Waals surface area contributed by atoms with Crippen molar-refractivity contribution in [1.29, 1.82) is 0 Å². The highest BCUT2D eigenvalue weighted by Gasteiger charge is 2.12. The molecule has 2 rings (SSSR count). The van der Waals surface area contributed by atoms with E-state index in [1.165, 1.54) is 11.3 Å². The average Bonchev–Trinajstić information content (AvgIpc) is 2.70. The molecule has 4 heteroatoms. The number of Topliss-reactive ketones (excluding diaryl/α,β-unsaturated/α-hetero) is 1. The largest absolute Gasteiger partial charge is 0.294 e. The molecule has 0 aliphatic heterocycles. The van der Waals surface area contributed by atoms with Gasteiger partial charge in [-0.05, 0) is 41.6 Å². The van der Waals surface area contributed by atoms with Gasteiger partial charge in [0.05, 0.1) is 0 Å². The van der Waals surface area contributed by atoms with Crippen LogP contribution in [-0.2, 0) is 6.42 Å². The van der Waals surface area contributed by atoms with E-state index in [4.69, 9.17) is 23.2 Å². The Morgan fingerprint density at radius 1 is 1.29 bits per heavy atom. The van der Waals surface area contributed by atoms with E-state index in [0.29, 0.717) is 10.0 Å². The van der Waals surface area contributed by atoms with Crippen LogP contribution in [0.15, 0.2) is 29.0 Å². The van der Waals surface area contributed by atoms with E-state index in [2.05, 4.69) is 0 Å². The van der Waals surface area contributed by atoms with Crippen LogP contribution in [0.2, 0.25) is 10.0 Å². The first kappa shape index (κ1) is 12.6. The van der Waals surface area contributed by atoms with Crippen LogP contribution in [0.5, 0.6) is 0 Å². The normalized spacial score (nSPS) is 10.5. The molecule has 1 aromatic carbocycles. The minimum atomic E-state index is 0.0768. The topological polar surface area (TPSA) is 17.1 Å². The van der Waals surface area contributed by atoms with Crippen LogP contribution in [0.3, 0.4) is 0 Å². The van der Waals surface area contributed by atoms with Crippen molar-refractivity contribution in [2.24, 2.45) is 0 Å². The monoisotopic (exact) mass is 284 g/mol. The lowest BCUT2D eigenvalue weighted by Gasteiger charge is -2.04. The lowest BCUT2D eigenvalue weighted by molar-refractivity contribution is 0.0993. The van der Waals surface area contributed by atoms with Gasteiger partial charge in [-0.2, -0.15) is 11.3 Å². The second kappa shape index (κ2) is 5.21. The zero-order valence-corrected chi connectivity index (χ0v) is 11.5. The van der Waals surface area contributed by atoms with E-state index in [0.717, 1.165) is 16.7 Å². The molecule has 0 fully saturated rings. The van der Waals surface area contributed by atoms with E-state index in [1.54, 1.807) is 18.2 Å². The minimum absolute atomic E-state index is 0.0768. The molecule has 0 radical (unpaired) electrons. The first-order chi connectivity index (χ1) is 8.08. The Bertz CT molecular complexity index is 560. The minimum Gasteiger partial charge on any atom is -0.294 e. The molecule has 88 valence electrons. The Morgan fingerprint density at radius 2 is 2.06 bits per heavy atom. The summed E-state index contributed by atoms with van der Waals surface area (Å²) in [5.74, 6) is 0.0768. The summed E-state index contributed by atoms with van der Waals surface area (Å²) >= 11 is 13.5. The molecular weight excluding hydrogens is 275 g/mol. The second-order valence-electron chi connectivity index (χ2n) is 3.80. The number of ketones is 1. The maximum atomic E-state index is 12.1. The lowest BCUT2D eigenvalue weighted by atomic mass is 10.0. The van der Waals surface area contributed by atoms with E-state index >= 15 is 0 Å². The third kappa shape index (κ3) is 2.89. The van der Waals surface area contributed by atoms with E-state index < -0.39 is 0 Å². The van der Waals surface area contributed by atoms with Crippen LogP contribution in [0, 0.1) is 6.92 Å². The molecule has 0 amide bonds. The summed E-state index contributed by atoms with van der Waals surface area (Å²) in [5.41, 5.74) is 2.55. The van der Waals surface area contributed by atoms with Crippen molar-refractivity contribution in [2.75, 3.05) is 0 Å². The Balaban J connectivity index is 2.24. The molecule has 0 unspecified atom stereocenters. The number of benzene rings is 1. The van der Waals surface area contributed by atoms with Gasteiger partial charge in [-0.1, -0.05) is 23.2 Å². The number of aryl methyl sites for hydroxylation is 1. The first-order valence-electron chi connectivity index (χ1n) is 5.08. The van der Waals surface area contributed by atoms with Crippen molar-refractivity contribution in [2.45, 2.75) is 13.3 Å². The fourth-order valence-electron chi connectivity index (χ4n) is 1.59. The maximum Gasteiger partial charge on any atom is 0.168 e. The lowest BCUT2D eigenvalue weighted by Crippen LogP contribution is -2.04. The Morgan fingerprint density at radius 3 is 2.71 bits per heavy atom. The molecule has 0 spiro atoms. The van der Waals surface area contributed by atoms with Crippen molar-refractivity contribution in [1.82, 2.24) is 0 Å². The third-order valence-electron chi connectivity index (χ3n) is 2.51. The summed E-state index contributed by atoms with van der Waals surface area (Å²) in [6.07, 6.45) is 0.289. The molecule has 0 saturated carbocycles. The van der Waals surface area contributed by atoms with Crippen molar-refractivity contribution in [3.63, 3.8) is 0 Å². The van der Waals surface area contributed by atoms with Gasteiger partial charge in [0, 0.05) is 27.4 Å². The number of carbonyl (C=O) groups is 1. The first-order valence-corrected chi connectivity index (χ1v) is 6.77. The van der Waals surface area contributed by atoms with Gasteiger partial charge in [0.1, 0.15) is 0 Å². The second-order valence-corrected chi connectivity index (χ2v) is 5.39. The van der Waals surface area contributed by atoms with Crippen LogP contribution in [-0.4, -0.2) is 5.78 Å². The molecule has 0 aliphatic carbocycles. The van der Waals surface area contributed by atoms with Gasteiger partial charge in [0.25, 0.3) is 0 Å². The highest BCUT2D eigenvalue weighted by atomic mass is 35.5. The summed E-state index contributed by atoms with van der Waals surface area (Å²) in [6, 6.07) is 5.17. The molecule has 17 heavy (non-hydrogen) atoms. The zero-order chi connectivity index (χ0) is 12.4. The molecule has 0 bridgehead atoms. The van der Waals surface area contributed by atoms with Gasteiger partial charge in [-0.25, -0.2) is 0 Å². The van der Waals surface area contributed by atoms with Gasteiger partial charge in [0.2, 0.25) is 0 Å². The quantitative estimate of drug-likeness (QED) is 0.741. The van der Waals surface area contributed by atoms with Gasteiger partial charge in [0.15, 0.2) is 5.78 Å². The highest BCUT2D eigenvalue weighted by Crippen LogP contribution is 2.23. The number of hydrogen-bond donors (Lipinski definition) is 0. The van der Waals surface area contributed by atoms with Gasteiger partial charge < -0.3 is 0 Å². The molecule has 1 aromatic heterocycles. The Hall–Kier alpha value is -0.830. The van der Waals surface area contributed by atoms with Crippen LogP contribution in [0.25, 0.3) is 0 Å². The fourth-order valence-corrected chi connectivity index (χ4v) is 2.82. The standard InChI is InChI=1S/C13H10Cl2OS/c1-8-6-17-7-11(8)13(16)5-9-4-10(14)2-3-12(9)15/h2-4,6-7H,5H2,1H3. The summed E-state index contributed by atoms with van der Waals surface area (Å²) in [5, 5.41) is 5.01. The zero-order valence-electron chi connectivity index (χ0n) is 9.17. The van der Waals surface area contributed by atoms with E-state index in [9.17, 15) is 4.79 Å². The van der Waals surface area contributed by atoms with Gasteiger partial charge in [-0.3, -0.25) is 4.79 Å². The maximum absolute atomic E-state index is 12.1. The summed E-state index contributed by atoms with van der Waals surface area (Å²) < 4.78 is 0. The van der Waals surface area contributed by atoms with Crippen molar-refractivity contribution in [3.05, 3.63) is 55.7 Å². The Labute approximate surface area is 114 Å². The number of carbonyl (C=O) groups excluding carboxylic acids is 1. The number of hydrogen-bond acceptors (Lipinski definition) is 2. The highest BCUT2D eigenvalue weighted by molar-refractivity contribution is 7.08. The van der Waals surface area contributed by atoms with Crippen LogP contribution in [0.1, 0.15) is 21.5 Å². The number of thiophene rings is 1. The van der Waals surface area contributed by atoms with Crippen molar-refractivity contribution in [3.8, 4) is 0 Å². The number of rotatable bonds is 3. The van der Waals surface area contributed by atoms with Gasteiger partial charge >= 0.3 is 0 Å².